The molecule has 0 saturated carbocycles. The number of phenols is 1. The highest BCUT2D eigenvalue weighted by molar-refractivity contribution is 6.67. The van der Waals surface area contributed by atoms with Crippen LogP contribution in [0.3, 0.4) is 0 Å². The largest absolute Gasteiger partial charge is 0.507 e. The number of pyridine rings is 2. The number of phenolic OH excluding ortho intramolecular Hbond substituents is 1. The van der Waals surface area contributed by atoms with Crippen molar-refractivity contribution in [3.8, 4) is 5.75 Å². The lowest BCUT2D eigenvalue weighted by Crippen LogP contribution is -2.61. The third-order valence-electron chi connectivity index (χ3n) is 18.4. The minimum Gasteiger partial charge on any atom is -0.507 e. The third-order valence-corrected chi connectivity index (χ3v) is 18.7. The standard InChI is InChI=1S/C32H42Cl3N5O6.C30H39N5O5.C16H13NO6/c1-18(2)26(27(42)37-19(3)28(43)40-13-7-8-25(39-40)29(44)46-17-32(33,34)35)38-30(45)31(5,6)12-11-24-15-23-14-21(20(4)41)9-10-22(23)16-36-24;1-17(2)25-26(36)32-18(3)27(37)35-13-7-8-24(34-35)28(38)40-19(4)20-9-10-21-16-31-23(15-22(21)14-20)11-12-30(5,6)29(39)33-25;1-9-5-3-7-11(17(21)22)13(9)15(19)23-16(20)14-10(2)6-4-8-12(14)18/h9-12,14-16,18-20,25-26,39,41H,7-8,13,17H2,1-6H3,(H,37,42)(H,38,45);9-12,14-19,24-25,34H,7-8,13H2,1-6H3,(H,32,36)(H,33,39);3-8,18H,1-2H3/b2*12-11+;/t19-,20+,25-,26-;18-,19+,24-,25-;/m00./s1. The first-order chi connectivity index (χ1) is 51.0. The number of aliphatic hydroxyl groups excluding tert-OH is 1. The van der Waals surface area contributed by atoms with Crippen LogP contribution in [0.2, 0.25) is 0 Å². The molecule has 584 valence electrons. The SMILES string of the molecule is CC(C)[C@@H]1NC(=O)C(C)(C)/C=C/c2cc3cc(ccc3cn2)[C@@H](C)OC(=O)[C@@H]2CCCN(N2)C(=O)[C@H](C)NC1=O.CC(C)[C@H](NC(=O)C(C)(C)/C=C/c1cc2cc([C@@H](C)O)ccc2cn1)C(=O)N[C@@H](C)C(=O)N1CCC[C@@H](C(=O)OCC(Cl)(Cl)Cl)N1.Cc1cccc(O)c1C(=O)OC(=O)c1c(C)cccc1[N+](=O)[O-]. The minimum atomic E-state index is -1.76. The number of nitro groups is 1. The summed E-state index contributed by atoms with van der Waals surface area (Å²) >= 11 is 17.0. The summed E-state index contributed by atoms with van der Waals surface area (Å²) in [5.74, 6) is -6.69. The summed E-state index contributed by atoms with van der Waals surface area (Å²) in [6.45, 7) is 24.2. The number of aromatic nitrogens is 2. The molecule has 3 aliphatic rings. The molecule has 6 amide bonds. The van der Waals surface area contributed by atoms with Crippen molar-refractivity contribution in [1.29, 1.82) is 0 Å². The number of fused-ring (bicyclic) bond motifs is 5. The monoisotopic (exact) mass is 1560 g/mol. The molecule has 0 aliphatic carbocycles. The van der Waals surface area contributed by atoms with Gasteiger partial charge in [-0.1, -0.05) is 123 Å². The van der Waals surface area contributed by atoms with Crippen molar-refractivity contribution in [2.24, 2.45) is 22.7 Å². The number of alkyl halides is 3. The van der Waals surface area contributed by atoms with Gasteiger partial charge in [0.1, 0.15) is 65.8 Å². The van der Waals surface area contributed by atoms with Gasteiger partial charge in [-0.25, -0.2) is 20.4 Å². The highest BCUT2D eigenvalue weighted by atomic mass is 35.6. The lowest BCUT2D eigenvalue weighted by Gasteiger charge is -2.35. The second-order valence-electron chi connectivity index (χ2n) is 28.9. The van der Waals surface area contributed by atoms with Gasteiger partial charge in [-0.05, 0) is 182 Å². The highest BCUT2D eigenvalue weighted by Crippen LogP contribution is 2.31. The molecule has 8 N–H and O–H groups in total. The molecule has 4 aromatic carbocycles. The molecular weight excluding hydrogens is 1470 g/mol. The predicted molar refractivity (Wildman–Crippen MR) is 410 cm³/mol. The Morgan fingerprint density at radius 1 is 0.798 bits per heavy atom. The summed E-state index contributed by atoms with van der Waals surface area (Å²) in [4.78, 5) is 148. The molecule has 31 heteroatoms. The molecule has 8 atom stereocenters. The van der Waals surface area contributed by atoms with E-state index in [0.29, 0.717) is 61.3 Å². The number of aliphatic hydroxyl groups is 1. The van der Waals surface area contributed by atoms with E-state index in [1.165, 1.54) is 48.1 Å². The maximum absolute atomic E-state index is 13.4. The summed E-state index contributed by atoms with van der Waals surface area (Å²) in [6.07, 6.45) is 11.4. The van der Waals surface area contributed by atoms with Gasteiger partial charge in [-0.15, -0.1) is 0 Å². The molecule has 0 spiro atoms. The third kappa shape index (κ3) is 23.5. The van der Waals surface area contributed by atoms with Gasteiger partial charge in [-0.2, -0.15) is 0 Å². The normalized spacial score (nSPS) is 19.7. The van der Waals surface area contributed by atoms with Gasteiger partial charge in [0.2, 0.25) is 27.4 Å². The highest BCUT2D eigenvalue weighted by Gasteiger charge is 2.39. The fraction of sp³-hybridized carbons (Fsp3) is 0.436. The van der Waals surface area contributed by atoms with Gasteiger partial charge >= 0.3 is 23.9 Å². The number of carbonyl (C=O) groups is 10. The fourth-order valence-corrected chi connectivity index (χ4v) is 11.9. The molecule has 2 fully saturated rings. The van der Waals surface area contributed by atoms with Crippen LogP contribution in [0.4, 0.5) is 5.69 Å². The van der Waals surface area contributed by atoms with Gasteiger partial charge in [0.15, 0.2) is 0 Å². The number of amides is 6. The number of aromatic hydroxyl groups is 1. The van der Waals surface area contributed by atoms with E-state index in [4.69, 9.17) is 49.0 Å². The molecule has 5 heterocycles. The molecular formula is C78H94Cl3N11O17. The van der Waals surface area contributed by atoms with E-state index >= 15 is 0 Å². The summed E-state index contributed by atoms with van der Waals surface area (Å²) in [5, 5.41) is 48.1. The minimum absolute atomic E-state index is 0.155. The Balaban J connectivity index is 0.000000239. The number of hydrazine groups is 2. The van der Waals surface area contributed by atoms with E-state index in [-0.39, 0.29) is 46.4 Å². The van der Waals surface area contributed by atoms with Crippen molar-refractivity contribution in [3.05, 3.63) is 164 Å². The maximum atomic E-state index is 13.4. The van der Waals surface area contributed by atoms with Crippen LogP contribution < -0.4 is 32.1 Å². The average molecular weight is 1560 g/mol. The van der Waals surface area contributed by atoms with Crippen LogP contribution in [-0.4, -0.2) is 154 Å². The Labute approximate surface area is 646 Å². The van der Waals surface area contributed by atoms with Crippen molar-refractivity contribution >= 4 is 134 Å². The first-order valence-corrected chi connectivity index (χ1v) is 36.7. The fourth-order valence-electron chi connectivity index (χ4n) is 11.7. The van der Waals surface area contributed by atoms with Crippen LogP contribution >= 0.6 is 34.8 Å². The van der Waals surface area contributed by atoms with Crippen LogP contribution in [0.1, 0.15) is 175 Å². The number of rotatable bonds is 15. The van der Waals surface area contributed by atoms with E-state index in [1.807, 2.05) is 69.3 Å². The molecule has 6 aromatic rings. The molecule has 2 saturated heterocycles. The summed E-state index contributed by atoms with van der Waals surface area (Å²) in [6, 6.07) is 18.6. The van der Waals surface area contributed by atoms with Crippen LogP contribution in [-0.2, 0) is 52.6 Å². The zero-order chi connectivity index (χ0) is 80.7. The van der Waals surface area contributed by atoms with E-state index in [0.717, 1.165) is 38.7 Å². The zero-order valence-electron chi connectivity index (χ0n) is 63.2. The van der Waals surface area contributed by atoms with E-state index in [9.17, 15) is 68.3 Å². The van der Waals surface area contributed by atoms with Crippen molar-refractivity contribution < 1.29 is 77.3 Å². The molecule has 9 rings (SSSR count). The molecule has 28 nitrogen and oxygen atoms in total. The van der Waals surface area contributed by atoms with Crippen LogP contribution in [0, 0.1) is 46.6 Å². The number of hydrogen-bond donors (Lipinski definition) is 8. The first kappa shape index (κ1) is 86.3. The predicted octanol–water partition coefficient (Wildman–Crippen LogP) is 10.3. The molecule has 109 heavy (non-hydrogen) atoms. The van der Waals surface area contributed by atoms with Gasteiger partial charge in [0, 0.05) is 42.3 Å². The van der Waals surface area contributed by atoms with Crippen molar-refractivity contribution in [1.82, 2.24) is 52.1 Å². The second kappa shape index (κ2) is 37.4. The maximum Gasteiger partial charge on any atom is 0.353 e. The smallest absolute Gasteiger partial charge is 0.353 e. The van der Waals surface area contributed by atoms with Gasteiger partial charge in [-0.3, -0.25) is 68.5 Å². The number of benzene rings is 4. The molecule has 3 aliphatic heterocycles. The van der Waals surface area contributed by atoms with Gasteiger partial charge in [0.25, 0.3) is 17.5 Å². The van der Waals surface area contributed by atoms with E-state index < -0.39 is 122 Å². The summed E-state index contributed by atoms with van der Waals surface area (Å²) in [5.41, 5.74) is 6.61. The Morgan fingerprint density at radius 3 is 2.07 bits per heavy atom. The zero-order valence-corrected chi connectivity index (χ0v) is 65.4. The Kier molecular flexibility index (Phi) is 29.6. The number of nitro benzene ring substituents is 1. The first-order valence-electron chi connectivity index (χ1n) is 35.5. The number of hydrogen-bond acceptors (Lipinski definition) is 21. The van der Waals surface area contributed by atoms with Crippen molar-refractivity contribution in [2.75, 3.05) is 19.7 Å². The summed E-state index contributed by atoms with van der Waals surface area (Å²) in [7, 11) is 0. The van der Waals surface area contributed by atoms with Crippen LogP contribution in [0.25, 0.3) is 33.7 Å². The summed E-state index contributed by atoms with van der Waals surface area (Å²) < 4.78 is 13.8. The van der Waals surface area contributed by atoms with Gasteiger partial charge < -0.3 is 45.7 Å². The van der Waals surface area contributed by atoms with E-state index in [1.54, 1.807) is 105 Å². The number of aryl methyl sites for hydroxylation is 2. The number of halogens is 3. The number of carbonyl (C=O) groups excluding carboxylic acids is 10. The number of esters is 4. The van der Waals surface area contributed by atoms with Crippen LogP contribution in [0.5, 0.6) is 5.75 Å². The Morgan fingerprint density at radius 2 is 1.43 bits per heavy atom. The number of cyclic esters (lactones) is 1. The number of ether oxygens (including phenoxy) is 3. The second-order valence-corrected chi connectivity index (χ2v) is 31.4. The average Bonchev–Trinajstić information content (AvgIpc) is 1.34. The number of nitrogens with one attached hydrogen (secondary N) is 6. The van der Waals surface area contributed by atoms with Crippen LogP contribution in [0.15, 0.2) is 109 Å². The molecule has 2 aromatic heterocycles. The topological polar surface area (TPSA) is 386 Å². The molecule has 0 unspecified atom stereocenters. The lowest BCUT2D eigenvalue weighted by atomic mass is 9.90. The molecule has 5 bridgehead atoms. The molecule has 0 radical (unpaired) electrons. The van der Waals surface area contributed by atoms with Crippen molar-refractivity contribution in [2.45, 2.75) is 175 Å². The lowest BCUT2D eigenvalue weighted by molar-refractivity contribution is -0.385. The van der Waals surface area contributed by atoms with Crippen molar-refractivity contribution in [3.63, 3.8) is 0 Å². The quantitative estimate of drug-likeness (QED) is 0.0118. The number of nitrogens with zero attached hydrogens (tertiary/aromatic N) is 5. The van der Waals surface area contributed by atoms with E-state index in [2.05, 4.69) is 42.1 Å². The Hall–Kier alpha value is -9.97. The Bertz CT molecular complexity index is 4460. The van der Waals surface area contributed by atoms with Gasteiger partial charge in [0.05, 0.1) is 33.2 Å².